The number of imidazole rings is 1. The van der Waals surface area contributed by atoms with Crippen LogP contribution in [-0.4, -0.2) is 52.7 Å². The van der Waals surface area contributed by atoms with Crippen molar-refractivity contribution in [1.29, 1.82) is 0 Å². The molecule has 2 N–H and O–H groups in total. The zero-order valence-corrected chi connectivity index (χ0v) is 18.5. The van der Waals surface area contributed by atoms with Crippen molar-refractivity contribution in [3.8, 4) is 11.1 Å². The fraction of sp³-hybridized carbons (Fsp3) is 0.217. The van der Waals surface area contributed by atoms with Crippen LogP contribution in [0.5, 0.6) is 0 Å². The number of fused-ring (bicyclic) bond motifs is 1. The van der Waals surface area contributed by atoms with Crippen LogP contribution in [0.1, 0.15) is 5.56 Å². The summed E-state index contributed by atoms with van der Waals surface area (Å²) in [7, 11) is 3.83. The Hall–Kier alpha value is -4.18. The Morgan fingerprint density at radius 1 is 1.09 bits per heavy atom. The van der Waals surface area contributed by atoms with E-state index in [4.69, 9.17) is 0 Å². The van der Waals surface area contributed by atoms with Crippen molar-refractivity contribution < 1.29 is 5.11 Å². The standard InChI is InChI=1S/C23H25N9O/c1-29-15-19(14-27-29)18-5-3-4-17(12-18)13-28-32-8-6-20-21(25-16-26-22(20)32)30(2)23-24-7-9-31(23)10-11-33/h3-9,12,14-16,28,33H,10-11,13H2,1-2H3. The number of aliphatic hydroxyl groups excluding tert-OH is 1. The average molecular weight is 444 g/mol. The van der Waals surface area contributed by atoms with Gasteiger partial charge in [-0.2, -0.15) is 5.10 Å². The number of hydrogen-bond donors (Lipinski definition) is 2. The maximum Gasteiger partial charge on any atom is 0.211 e. The molecule has 5 rings (SSSR count). The molecule has 0 radical (unpaired) electrons. The highest BCUT2D eigenvalue weighted by atomic mass is 16.3. The van der Waals surface area contributed by atoms with Crippen LogP contribution in [0.3, 0.4) is 0 Å². The summed E-state index contributed by atoms with van der Waals surface area (Å²) in [6, 6.07) is 10.4. The molecule has 0 saturated carbocycles. The predicted octanol–water partition coefficient (Wildman–Crippen LogP) is 2.53. The van der Waals surface area contributed by atoms with E-state index in [1.807, 2.05) is 59.1 Å². The van der Waals surface area contributed by atoms with Crippen molar-refractivity contribution in [1.82, 2.24) is 34.0 Å². The van der Waals surface area contributed by atoms with Gasteiger partial charge in [0.25, 0.3) is 0 Å². The Morgan fingerprint density at radius 3 is 2.82 bits per heavy atom. The Kier molecular flexibility index (Phi) is 5.49. The number of benzene rings is 1. The van der Waals surface area contributed by atoms with Gasteiger partial charge >= 0.3 is 0 Å². The second-order valence-electron chi connectivity index (χ2n) is 7.76. The van der Waals surface area contributed by atoms with Gasteiger partial charge in [-0.25, -0.2) is 19.6 Å². The van der Waals surface area contributed by atoms with Crippen LogP contribution < -0.4 is 10.3 Å². The van der Waals surface area contributed by atoms with E-state index in [0.29, 0.717) is 19.0 Å². The first-order valence-electron chi connectivity index (χ1n) is 10.6. The summed E-state index contributed by atoms with van der Waals surface area (Å²) in [6.45, 7) is 1.14. The summed E-state index contributed by atoms with van der Waals surface area (Å²) >= 11 is 0. The van der Waals surface area contributed by atoms with Gasteiger partial charge in [0.05, 0.1) is 24.7 Å². The topological polar surface area (TPSA) is 102 Å². The van der Waals surface area contributed by atoms with Gasteiger partial charge in [-0.1, -0.05) is 18.2 Å². The number of aromatic nitrogens is 7. The molecule has 0 spiro atoms. The smallest absolute Gasteiger partial charge is 0.211 e. The van der Waals surface area contributed by atoms with E-state index in [1.165, 1.54) is 0 Å². The maximum absolute atomic E-state index is 9.32. The second kappa shape index (κ2) is 8.75. The Morgan fingerprint density at radius 2 is 2.00 bits per heavy atom. The lowest BCUT2D eigenvalue weighted by Crippen LogP contribution is -2.18. The van der Waals surface area contributed by atoms with E-state index in [-0.39, 0.29) is 6.61 Å². The van der Waals surface area contributed by atoms with Crippen LogP contribution in [-0.2, 0) is 20.1 Å². The molecule has 4 heterocycles. The van der Waals surface area contributed by atoms with Gasteiger partial charge in [-0.3, -0.25) is 9.58 Å². The molecule has 0 bridgehead atoms. The van der Waals surface area contributed by atoms with Crippen molar-refractivity contribution >= 4 is 22.8 Å². The fourth-order valence-electron chi connectivity index (χ4n) is 3.92. The summed E-state index contributed by atoms with van der Waals surface area (Å²) in [5, 5.41) is 14.5. The zero-order valence-electron chi connectivity index (χ0n) is 18.5. The average Bonchev–Trinajstić information content (AvgIpc) is 3.57. The Labute approximate surface area is 190 Å². The van der Waals surface area contributed by atoms with E-state index in [2.05, 4.69) is 49.7 Å². The molecule has 0 aliphatic heterocycles. The third-order valence-corrected chi connectivity index (χ3v) is 5.53. The molecule has 168 valence electrons. The molecule has 5 aromatic rings. The van der Waals surface area contributed by atoms with Gasteiger partial charge in [0, 0.05) is 51.0 Å². The Balaban J connectivity index is 1.38. The maximum atomic E-state index is 9.32. The SMILES string of the molecule is CN(c1ncnc2c1ccn2NCc1cccc(-c2cnn(C)c2)c1)c1nccn1CCO. The summed E-state index contributed by atoms with van der Waals surface area (Å²) in [5.41, 5.74) is 7.57. The number of anilines is 2. The van der Waals surface area contributed by atoms with Gasteiger partial charge < -0.3 is 15.1 Å². The van der Waals surface area contributed by atoms with E-state index in [1.54, 1.807) is 17.2 Å². The summed E-state index contributed by atoms with van der Waals surface area (Å²) in [5.74, 6) is 1.45. The summed E-state index contributed by atoms with van der Waals surface area (Å²) < 4.78 is 5.60. The monoisotopic (exact) mass is 443 g/mol. The molecule has 0 atom stereocenters. The third-order valence-electron chi connectivity index (χ3n) is 5.53. The Bertz CT molecular complexity index is 1380. The van der Waals surface area contributed by atoms with Crippen LogP contribution in [0, 0.1) is 0 Å². The van der Waals surface area contributed by atoms with E-state index < -0.39 is 0 Å². The van der Waals surface area contributed by atoms with Gasteiger partial charge in [0.15, 0.2) is 5.65 Å². The van der Waals surface area contributed by atoms with E-state index in [9.17, 15) is 5.11 Å². The zero-order chi connectivity index (χ0) is 22.8. The minimum atomic E-state index is 0.0403. The summed E-state index contributed by atoms with van der Waals surface area (Å²) in [6.07, 6.45) is 10.9. The van der Waals surface area contributed by atoms with Crippen LogP contribution in [0.15, 0.2) is 67.6 Å². The third kappa shape index (κ3) is 4.03. The van der Waals surface area contributed by atoms with Gasteiger partial charge in [-0.15, -0.1) is 0 Å². The molecule has 0 aliphatic rings. The highest BCUT2D eigenvalue weighted by Gasteiger charge is 2.17. The number of aryl methyl sites for hydroxylation is 1. The molecule has 1 aromatic carbocycles. The molecule has 0 saturated heterocycles. The first kappa shape index (κ1) is 20.7. The quantitative estimate of drug-likeness (QED) is 0.380. The van der Waals surface area contributed by atoms with E-state index >= 15 is 0 Å². The minimum absolute atomic E-state index is 0.0403. The van der Waals surface area contributed by atoms with Crippen molar-refractivity contribution in [2.45, 2.75) is 13.1 Å². The van der Waals surface area contributed by atoms with Crippen LogP contribution in [0.2, 0.25) is 0 Å². The molecular weight excluding hydrogens is 418 g/mol. The van der Waals surface area contributed by atoms with Crippen LogP contribution in [0.4, 0.5) is 11.8 Å². The first-order valence-corrected chi connectivity index (χ1v) is 10.6. The molecular formula is C23H25N9O. The number of nitrogens with one attached hydrogen (secondary N) is 1. The number of rotatable bonds is 8. The molecule has 0 aliphatic carbocycles. The molecule has 33 heavy (non-hydrogen) atoms. The normalized spacial score (nSPS) is 11.2. The second-order valence-corrected chi connectivity index (χ2v) is 7.76. The predicted molar refractivity (Wildman–Crippen MR) is 127 cm³/mol. The van der Waals surface area contributed by atoms with Crippen molar-refractivity contribution in [2.24, 2.45) is 7.05 Å². The van der Waals surface area contributed by atoms with Crippen LogP contribution in [0.25, 0.3) is 22.2 Å². The van der Waals surface area contributed by atoms with Crippen LogP contribution >= 0.6 is 0 Å². The highest BCUT2D eigenvalue weighted by Crippen LogP contribution is 2.27. The lowest BCUT2D eigenvalue weighted by atomic mass is 10.1. The van der Waals surface area contributed by atoms with E-state index in [0.717, 1.165) is 33.5 Å². The highest BCUT2D eigenvalue weighted by molar-refractivity contribution is 5.89. The van der Waals surface area contributed by atoms with Gasteiger partial charge in [-0.05, 0) is 23.3 Å². The largest absolute Gasteiger partial charge is 0.395 e. The van der Waals surface area contributed by atoms with Crippen molar-refractivity contribution in [3.05, 3.63) is 73.2 Å². The summed E-state index contributed by atoms with van der Waals surface area (Å²) in [4.78, 5) is 15.3. The number of hydrogen-bond acceptors (Lipinski definition) is 7. The van der Waals surface area contributed by atoms with Crippen molar-refractivity contribution in [2.75, 3.05) is 24.0 Å². The lowest BCUT2D eigenvalue weighted by Gasteiger charge is -2.19. The molecule has 4 aromatic heterocycles. The first-order chi connectivity index (χ1) is 16.1. The van der Waals surface area contributed by atoms with Gasteiger partial charge in [0.2, 0.25) is 5.95 Å². The molecule has 0 amide bonds. The van der Waals surface area contributed by atoms with Crippen molar-refractivity contribution in [3.63, 3.8) is 0 Å². The molecule has 0 unspecified atom stereocenters. The number of nitrogens with zero attached hydrogens (tertiary/aromatic N) is 8. The molecule has 10 heteroatoms. The molecule has 10 nitrogen and oxygen atoms in total. The fourth-order valence-corrected chi connectivity index (χ4v) is 3.92. The minimum Gasteiger partial charge on any atom is -0.395 e. The number of aliphatic hydroxyl groups is 1. The van der Waals surface area contributed by atoms with Gasteiger partial charge in [0.1, 0.15) is 12.1 Å². The molecule has 0 fully saturated rings. The lowest BCUT2D eigenvalue weighted by molar-refractivity contribution is 0.276.